The van der Waals surface area contributed by atoms with Gasteiger partial charge in [0.1, 0.15) is 5.92 Å². The van der Waals surface area contributed by atoms with Gasteiger partial charge in [0.05, 0.1) is 6.61 Å². The van der Waals surface area contributed by atoms with Gasteiger partial charge in [-0.25, -0.2) is 0 Å². The largest absolute Gasteiger partial charge is 0.465 e. The molecule has 0 amide bonds. The number of ketones is 1. The average Bonchev–Trinajstić information content (AvgIpc) is 2.38. The second-order valence-electron chi connectivity index (χ2n) is 4.45. The zero-order valence-corrected chi connectivity index (χ0v) is 12.2. The minimum Gasteiger partial charge on any atom is -0.465 e. The van der Waals surface area contributed by atoms with E-state index < -0.39 is 30.3 Å². The Labute approximate surface area is 125 Å². The van der Waals surface area contributed by atoms with Gasteiger partial charge in [-0.2, -0.15) is 13.2 Å². The van der Waals surface area contributed by atoms with Crippen molar-refractivity contribution in [1.82, 2.24) is 0 Å². The SMILES string of the molecule is CCOC(=O)[C@H](Cc1ccc(C)c(Cl)c1)C(=O)C(F)(F)F. The van der Waals surface area contributed by atoms with E-state index in [9.17, 15) is 22.8 Å². The summed E-state index contributed by atoms with van der Waals surface area (Å²) < 4.78 is 42.2. The Bertz CT molecular complexity index is 541. The molecule has 1 rings (SSSR count). The molecule has 116 valence electrons. The van der Waals surface area contributed by atoms with Crippen LogP contribution in [0.4, 0.5) is 13.2 Å². The predicted molar refractivity (Wildman–Crippen MR) is 71.1 cm³/mol. The lowest BCUT2D eigenvalue weighted by Gasteiger charge is -2.16. The summed E-state index contributed by atoms with van der Waals surface area (Å²) in [5, 5.41) is 0.356. The Morgan fingerprint density at radius 1 is 1.33 bits per heavy atom. The van der Waals surface area contributed by atoms with Gasteiger partial charge < -0.3 is 4.74 Å². The first-order valence-corrected chi connectivity index (χ1v) is 6.57. The number of ether oxygens (including phenoxy) is 1. The van der Waals surface area contributed by atoms with E-state index in [-0.39, 0.29) is 6.61 Å². The summed E-state index contributed by atoms with van der Waals surface area (Å²) in [6.07, 6.45) is -5.50. The van der Waals surface area contributed by atoms with E-state index in [1.54, 1.807) is 13.0 Å². The number of Topliss-reactive ketones (excluding diaryl/α,β-unsaturated/α-hetero) is 1. The molecule has 0 aliphatic carbocycles. The summed E-state index contributed by atoms with van der Waals surface area (Å²) in [6.45, 7) is 3.08. The molecule has 0 fully saturated rings. The summed E-state index contributed by atoms with van der Waals surface area (Å²) in [7, 11) is 0. The summed E-state index contributed by atoms with van der Waals surface area (Å²) in [5.41, 5.74) is 1.11. The number of hydrogen-bond donors (Lipinski definition) is 0. The quantitative estimate of drug-likeness (QED) is 0.615. The van der Waals surface area contributed by atoms with Gasteiger partial charge in [0.2, 0.25) is 0 Å². The zero-order chi connectivity index (χ0) is 16.2. The van der Waals surface area contributed by atoms with Gasteiger partial charge in [-0.1, -0.05) is 23.7 Å². The van der Waals surface area contributed by atoms with Gasteiger partial charge in [0.15, 0.2) is 0 Å². The highest BCUT2D eigenvalue weighted by atomic mass is 35.5. The Morgan fingerprint density at radius 3 is 2.43 bits per heavy atom. The van der Waals surface area contributed by atoms with Gasteiger partial charge in [0, 0.05) is 5.02 Å². The van der Waals surface area contributed by atoms with Crippen molar-refractivity contribution in [2.45, 2.75) is 26.4 Å². The Balaban J connectivity index is 3.04. The highest BCUT2D eigenvalue weighted by Gasteiger charge is 2.46. The van der Waals surface area contributed by atoms with Crippen molar-refractivity contribution in [2.24, 2.45) is 5.92 Å². The van der Waals surface area contributed by atoms with Crippen LogP contribution in [0.2, 0.25) is 5.02 Å². The molecule has 0 aromatic heterocycles. The van der Waals surface area contributed by atoms with Crippen LogP contribution in [0.3, 0.4) is 0 Å². The number of alkyl halides is 3. The third-order valence-electron chi connectivity index (χ3n) is 2.84. The maximum Gasteiger partial charge on any atom is 0.450 e. The van der Waals surface area contributed by atoms with Crippen LogP contribution in [-0.4, -0.2) is 24.5 Å². The summed E-state index contributed by atoms with van der Waals surface area (Å²) >= 11 is 5.88. The molecule has 0 aliphatic rings. The summed E-state index contributed by atoms with van der Waals surface area (Å²) in [5.74, 6) is -5.21. The first kappa shape index (κ1) is 17.5. The molecule has 0 heterocycles. The van der Waals surface area contributed by atoms with Crippen LogP contribution in [-0.2, 0) is 20.7 Å². The molecule has 0 aliphatic heterocycles. The summed E-state index contributed by atoms with van der Waals surface area (Å²) in [6, 6.07) is 4.57. The maximum atomic E-state index is 12.6. The number of carbonyl (C=O) groups is 2. The van der Waals surface area contributed by atoms with Crippen LogP contribution in [0, 0.1) is 12.8 Å². The number of benzene rings is 1. The van der Waals surface area contributed by atoms with E-state index in [1.165, 1.54) is 19.1 Å². The van der Waals surface area contributed by atoms with Gasteiger partial charge in [-0.3, -0.25) is 9.59 Å². The molecule has 3 nitrogen and oxygen atoms in total. The standard InChI is InChI=1S/C14H14ClF3O3/c1-3-21-13(20)10(12(19)14(16,17)18)6-9-5-4-8(2)11(15)7-9/h4-5,7,10H,3,6H2,1-2H3/t10-/m1/s1. The molecule has 0 bridgehead atoms. The molecule has 0 spiro atoms. The van der Waals surface area contributed by atoms with Crippen molar-refractivity contribution < 1.29 is 27.5 Å². The maximum absolute atomic E-state index is 12.6. The minimum atomic E-state index is -5.09. The van der Waals surface area contributed by atoms with Crippen LogP contribution in [0.25, 0.3) is 0 Å². The van der Waals surface area contributed by atoms with E-state index in [1.807, 2.05) is 0 Å². The number of carbonyl (C=O) groups excluding carboxylic acids is 2. The first-order valence-electron chi connectivity index (χ1n) is 6.19. The molecule has 0 unspecified atom stereocenters. The number of hydrogen-bond acceptors (Lipinski definition) is 3. The van der Waals surface area contributed by atoms with E-state index in [2.05, 4.69) is 4.74 Å². The third kappa shape index (κ3) is 4.74. The molecule has 0 saturated carbocycles. The van der Waals surface area contributed by atoms with E-state index in [0.29, 0.717) is 10.6 Å². The fourth-order valence-electron chi connectivity index (χ4n) is 1.72. The molecule has 1 aromatic rings. The lowest BCUT2D eigenvalue weighted by Crippen LogP contribution is -2.37. The molecule has 21 heavy (non-hydrogen) atoms. The second kappa shape index (κ2) is 6.93. The van der Waals surface area contributed by atoms with Gasteiger partial charge >= 0.3 is 12.1 Å². The highest BCUT2D eigenvalue weighted by molar-refractivity contribution is 6.31. The minimum absolute atomic E-state index is 0.102. The van der Waals surface area contributed by atoms with Crippen molar-refractivity contribution in [3.05, 3.63) is 34.3 Å². The predicted octanol–water partition coefficient (Wildman–Crippen LogP) is 3.50. The van der Waals surface area contributed by atoms with Crippen LogP contribution >= 0.6 is 11.6 Å². The molecular weight excluding hydrogens is 309 g/mol. The highest BCUT2D eigenvalue weighted by Crippen LogP contribution is 2.26. The van der Waals surface area contributed by atoms with Crippen molar-refractivity contribution in [3.63, 3.8) is 0 Å². The second-order valence-corrected chi connectivity index (χ2v) is 4.86. The van der Waals surface area contributed by atoms with Crippen LogP contribution in [0.1, 0.15) is 18.1 Å². The van der Waals surface area contributed by atoms with Gasteiger partial charge in [-0.05, 0) is 37.5 Å². The van der Waals surface area contributed by atoms with Crippen LogP contribution < -0.4 is 0 Å². The normalized spacial score (nSPS) is 12.9. The number of esters is 1. The number of halogens is 4. The number of rotatable bonds is 5. The van der Waals surface area contributed by atoms with Gasteiger partial charge in [-0.15, -0.1) is 0 Å². The fraction of sp³-hybridized carbons (Fsp3) is 0.429. The number of aryl methyl sites for hydroxylation is 1. The van der Waals surface area contributed by atoms with Crippen molar-refractivity contribution in [2.75, 3.05) is 6.61 Å². The third-order valence-corrected chi connectivity index (χ3v) is 3.25. The fourth-order valence-corrected chi connectivity index (χ4v) is 1.93. The molecule has 0 saturated heterocycles. The molecule has 1 atom stereocenters. The monoisotopic (exact) mass is 322 g/mol. The first-order chi connectivity index (χ1) is 9.66. The average molecular weight is 323 g/mol. The van der Waals surface area contributed by atoms with Crippen molar-refractivity contribution >= 4 is 23.4 Å². The molecule has 0 radical (unpaired) electrons. The molecule has 7 heteroatoms. The smallest absolute Gasteiger partial charge is 0.450 e. The van der Waals surface area contributed by atoms with Crippen molar-refractivity contribution in [1.29, 1.82) is 0 Å². The van der Waals surface area contributed by atoms with E-state index in [4.69, 9.17) is 11.6 Å². The lowest BCUT2D eigenvalue weighted by atomic mass is 9.94. The van der Waals surface area contributed by atoms with E-state index in [0.717, 1.165) is 5.56 Å². The lowest BCUT2D eigenvalue weighted by molar-refractivity contribution is -0.180. The van der Waals surface area contributed by atoms with Crippen LogP contribution in [0.15, 0.2) is 18.2 Å². The van der Waals surface area contributed by atoms with Gasteiger partial charge in [0.25, 0.3) is 5.78 Å². The Morgan fingerprint density at radius 2 is 1.95 bits per heavy atom. The summed E-state index contributed by atoms with van der Waals surface area (Å²) in [4.78, 5) is 23.0. The Kier molecular flexibility index (Phi) is 5.78. The molecular formula is C14H14ClF3O3. The topological polar surface area (TPSA) is 43.4 Å². The zero-order valence-electron chi connectivity index (χ0n) is 11.5. The van der Waals surface area contributed by atoms with Crippen LogP contribution in [0.5, 0.6) is 0 Å². The Hall–Kier alpha value is -1.56. The van der Waals surface area contributed by atoms with Crippen molar-refractivity contribution in [3.8, 4) is 0 Å². The molecule has 0 N–H and O–H groups in total. The molecule has 1 aromatic carbocycles. The van der Waals surface area contributed by atoms with E-state index >= 15 is 0 Å².